The molecule has 16 heavy (non-hydrogen) atoms. The summed E-state index contributed by atoms with van der Waals surface area (Å²) in [5, 5.41) is 0. The summed E-state index contributed by atoms with van der Waals surface area (Å²) in [6.07, 6.45) is 12.3. The number of rotatable bonds is 2. The summed E-state index contributed by atoms with van der Waals surface area (Å²) in [6.45, 7) is 2.44. The molecule has 2 nitrogen and oxygen atoms in total. The van der Waals surface area contributed by atoms with E-state index >= 15 is 0 Å². The second-order valence-corrected chi connectivity index (χ2v) is 6.23. The Hall–Kier alpha value is -0.0800. The van der Waals surface area contributed by atoms with Crippen LogP contribution in [0.3, 0.4) is 0 Å². The van der Waals surface area contributed by atoms with E-state index in [1.165, 1.54) is 70.9 Å². The van der Waals surface area contributed by atoms with Crippen molar-refractivity contribution in [2.45, 2.75) is 63.3 Å². The molecule has 1 atom stereocenters. The van der Waals surface area contributed by atoms with E-state index in [1.807, 2.05) is 0 Å². The summed E-state index contributed by atoms with van der Waals surface area (Å²) in [5.41, 5.74) is 6.78. The summed E-state index contributed by atoms with van der Waals surface area (Å²) in [4.78, 5) is 2.44. The molecule has 2 N–H and O–H groups in total. The van der Waals surface area contributed by atoms with Crippen LogP contribution >= 0.6 is 0 Å². The molecule has 94 valence electrons. The molecule has 1 aliphatic carbocycles. The van der Waals surface area contributed by atoms with Crippen molar-refractivity contribution in [3.8, 4) is 0 Å². The van der Waals surface area contributed by atoms with E-state index in [-0.39, 0.29) is 5.54 Å². The number of nitrogens with two attached hydrogens (primary N) is 1. The molecule has 1 unspecified atom stereocenters. The van der Waals surface area contributed by atoms with Gasteiger partial charge < -0.3 is 10.6 Å². The Balaban J connectivity index is 1.85. The van der Waals surface area contributed by atoms with Crippen molar-refractivity contribution in [3.05, 3.63) is 0 Å². The Morgan fingerprint density at radius 1 is 1.06 bits per heavy atom. The first kappa shape index (κ1) is 12.4. The van der Waals surface area contributed by atoms with Crippen LogP contribution in [0.2, 0.25) is 0 Å². The topological polar surface area (TPSA) is 29.3 Å². The third kappa shape index (κ3) is 3.46. The molecule has 2 aliphatic rings. The van der Waals surface area contributed by atoms with Gasteiger partial charge in [0.2, 0.25) is 0 Å². The van der Waals surface area contributed by atoms with Crippen molar-refractivity contribution >= 4 is 0 Å². The smallest absolute Gasteiger partial charge is 0.0169 e. The molecule has 0 aromatic rings. The van der Waals surface area contributed by atoms with Gasteiger partial charge in [-0.2, -0.15) is 0 Å². The fourth-order valence-corrected chi connectivity index (χ4v) is 3.52. The van der Waals surface area contributed by atoms with Gasteiger partial charge in [0.05, 0.1) is 0 Å². The molecule has 1 aliphatic heterocycles. The second kappa shape index (κ2) is 5.50. The average molecular weight is 224 g/mol. The first-order valence-corrected chi connectivity index (χ1v) is 7.15. The molecule has 0 amide bonds. The Morgan fingerprint density at radius 2 is 1.81 bits per heavy atom. The highest BCUT2D eigenvalue weighted by molar-refractivity contribution is 4.90. The normalized spacial score (nSPS) is 34.9. The zero-order chi connectivity index (χ0) is 11.4. The third-order valence-corrected chi connectivity index (χ3v) is 4.63. The van der Waals surface area contributed by atoms with Gasteiger partial charge in [0.15, 0.2) is 0 Å². The van der Waals surface area contributed by atoms with Gasteiger partial charge in [0.25, 0.3) is 0 Å². The minimum absolute atomic E-state index is 0.159. The van der Waals surface area contributed by atoms with E-state index in [9.17, 15) is 0 Å². The predicted molar refractivity (Wildman–Crippen MR) is 69.5 cm³/mol. The van der Waals surface area contributed by atoms with Gasteiger partial charge in [0.1, 0.15) is 0 Å². The van der Waals surface area contributed by atoms with E-state index in [1.54, 1.807) is 0 Å². The molecular formula is C14H28N2. The van der Waals surface area contributed by atoms with Gasteiger partial charge in [0, 0.05) is 5.54 Å². The monoisotopic (exact) mass is 224 g/mol. The molecule has 1 saturated carbocycles. The molecule has 1 saturated heterocycles. The van der Waals surface area contributed by atoms with Crippen molar-refractivity contribution in [1.29, 1.82) is 0 Å². The Bertz CT molecular complexity index is 211. The first-order valence-electron chi connectivity index (χ1n) is 7.15. The molecular weight excluding hydrogens is 196 g/mol. The van der Waals surface area contributed by atoms with Gasteiger partial charge in [-0.15, -0.1) is 0 Å². The van der Waals surface area contributed by atoms with E-state index in [4.69, 9.17) is 5.73 Å². The Labute approximate surface area is 101 Å². The molecule has 0 bridgehead atoms. The minimum Gasteiger partial charge on any atom is -0.325 e. The highest BCUT2D eigenvalue weighted by atomic mass is 15.1. The number of likely N-dealkylation sites (tertiary alicyclic amines) is 1. The molecule has 0 aromatic heterocycles. The van der Waals surface area contributed by atoms with E-state index in [0.29, 0.717) is 0 Å². The molecule has 1 heterocycles. The molecule has 0 radical (unpaired) electrons. The number of hydrogen-bond donors (Lipinski definition) is 1. The lowest BCUT2D eigenvalue weighted by molar-refractivity contribution is 0.235. The maximum absolute atomic E-state index is 6.63. The zero-order valence-corrected chi connectivity index (χ0v) is 10.9. The lowest BCUT2D eigenvalue weighted by Gasteiger charge is -2.34. The van der Waals surface area contributed by atoms with E-state index in [2.05, 4.69) is 11.9 Å². The summed E-state index contributed by atoms with van der Waals surface area (Å²) >= 11 is 0. The van der Waals surface area contributed by atoms with Crippen LogP contribution in [0.15, 0.2) is 0 Å². The van der Waals surface area contributed by atoms with Crippen LogP contribution in [-0.2, 0) is 0 Å². The third-order valence-electron chi connectivity index (χ3n) is 4.63. The van der Waals surface area contributed by atoms with Crippen LogP contribution in [-0.4, -0.2) is 30.6 Å². The predicted octanol–water partition coefficient (Wildman–Crippen LogP) is 2.77. The van der Waals surface area contributed by atoms with Crippen molar-refractivity contribution in [2.75, 3.05) is 20.1 Å². The van der Waals surface area contributed by atoms with Crippen LogP contribution in [0, 0.1) is 5.92 Å². The van der Waals surface area contributed by atoms with E-state index < -0.39 is 0 Å². The zero-order valence-electron chi connectivity index (χ0n) is 10.9. The van der Waals surface area contributed by atoms with E-state index in [0.717, 1.165) is 5.92 Å². The van der Waals surface area contributed by atoms with Gasteiger partial charge in [-0.05, 0) is 51.7 Å². The second-order valence-electron chi connectivity index (χ2n) is 6.23. The average Bonchev–Trinajstić information content (AvgIpc) is 2.43. The Morgan fingerprint density at radius 3 is 2.56 bits per heavy atom. The van der Waals surface area contributed by atoms with Crippen molar-refractivity contribution in [1.82, 2.24) is 4.90 Å². The number of hydrogen-bond acceptors (Lipinski definition) is 2. The van der Waals surface area contributed by atoms with Gasteiger partial charge in [-0.1, -0.05) is 32.1 Å². The first-order chi connectivity index (χ1) is 7.68. The highest BCUT2D eigenvalue weighted by Gasteiger charge is 2.30. The lowest BCUT2D eigenvalue weighted by atomic mass is 9.77. The molecule has 2 heteroatoms. The summed E-state index contributed by atoms with van der Waals surface area (Å²) in [7, 11) is 2.23. The maximum Gasteiger partial charge on any atom is 0.0169 e. The fourth-order valence-electron chi connectivity index (χ4n) is 3.52. The van der Waals surface area contributed by atoms with Crippen LogP contribution in [0.25, 0.3) is 0 Å². The van der Waals surface area contributed by atoms with Gasteiger partial charge in [-0.3, -0.25) is 0 Å². The molecule has 0 spiro atoms. The van der Waals surface area contributed by atoms with Crippen LogP contribution in [0.4, 0.5) is 0 Å². The van der Waals surface area contributed by atoms with Gasteiger partial charge in [-0.25, -0.2) is 0 Å². The number of nitrogens with zero attached hydrogens (tertiary/aromatic N) is 1. The summed E-state index contributed by atoms with van der Waals surface area (Å²) < 4.78 is 0. The molecule has 2 rings (SSSR count). The van der Waals surface area contributed by atoms with Crippen LogP contribution < -0.4 is 5.73 Å². The standard InChI is InChI=1S/C14H28N2/c1-16-10-5-8-14(15,9-11-16)12-13-6-3-2-4-7-13/h13H,2-12,15H2,1H3. The minimum atomic E-state index is 0.159. The van der Waals surface area contributed by atoms with Crippen LogP contribution in [0.5, 0.6) is 0 Å². The van der Waals surface area contributed by atoms with Crippen molar-refractivity contribution in [2.24, 2.45) is 11.7 Å². The van der Waals surface area contributed by atoms with Crippen molar-refractivity contribution in [3.63, 3.8) is 0 Å². The quantitative estimate of drug-likeness (QED) is 0.781. The lowest BCUT2D eigenvalue weighted by Crippen LogP contribution is -2.42. The maximum atomic E-state index is 6.63. The van der Waals surface area contributed by atoms with Crippen molar-refractivity contribution < 1.29 is 0 Å². The molecule has 2 fully saturated rings. The highest BCUT2D eigenvalue weighted by Crippen LogP contribution is 2.33. The largest absolute Gasteiger partial charge is 0.325 e. The SMILES string of the molecule is CN1CCCC(N)(CC2CCCCC2)CC1. The molecule has 0 aromatic carbocycles. The fraction of sp³-hybridized carbons (Fsp3) is 1.00. The Kier molecular flexibility index (Phi) is 4.26. The summed E-state index contributed by atoms with van der Waals surface area (Å²) in [5.74, 6) is 0.933. The van der Waals surface area contributed by atoms with Crippen LogP contribution in [0.1, 0.15) is 57.8 Å². The van der Waals surface area contributed by atoms with Gasteiger partial charge >= 0.3 is 0 Å². The summed E-state index contributed by atoms with van der Waals surface area (Å²) in [6, 6.07) is 0.